The predicted octanol–water partition coefficient (Wildman–Crippen LogP) is 1.25. The van der Waals surface area contributed by atoms with Crippen LogP contribution in [0.5, 0.6) is 5.75 Å². The first-order valence-corrected chi connectivity index (χ1v) is 7.44. The summed E-state index contributed by atoms with van der Waals surface area (Å²) in [5.41, 5.74) is 1.25. The van der Waals surface area contributed by atoms with Crippen molar-refractivity contribution in [1.82, 2.24) is 5.32 Å². The summed E-state index contributed by atoms with van der Waals surface area (Å²) in [6.07, 6.45) is 0. The number of methoxy groups -OCH3 is 1. The van der Waals surface area contributed by atoms with Crippen molar-refractivity contribution >= 4 is 17.2 Å². The van der Waals surface area contributed by atoms with E-state index in [4.69, 9.17) is 4.74 Å². The lowest BCUT2D eigenvalue weighted by Gasteiger charge is -2.05. The molecule has 0 aliphatic heterocycles. The Bertz CT molecular complexity index is 523. The van der Waals surface area contributed by atoms with E-state index >= 15 is 0 Å². The maximum atomic E-state index is 11.7. The SMILES string of the molecule is COc1ccc(C[NH2+]CCNC(=O)c2cccs2)cc1. The molecule has 0 bridgehead atoms. The van der Waals surface area contributed by atoms with Crippen LogP contribution in [-0.2, 0) is 6.54 Å². The molecule has 1 amide bonds. The zero-order valence-electron chi connectivity index (χ0n) is 11.5. The highest BCUT2D eigenvalue weighted by Crippen LogP contribution is 2.10. The van der Waals surface area contributed by atoms with Crippen molar-refractivity contribution in [1.29, 1.82) is 0 Å². The van der Waals surface area contributed by atoms with E-state index in [-0.39, 0.29) is 5.91 Å². The Morgan fingerprint density at radius 3 is 2.75 bits per heavy atom. The van der Waals surface area contributed by atoms with Crippen molar-refractivity contribution < 1.29 is 14.8 Å². The van der Waals surface area contributed by atoms with Crippen LogP contribution >= 0.6 is 11.3 Å². The lowest BCUT2D eigenvalue weighted by atomic mass is 10.2. The summed E-state index contributed by atoms with van der Waals surface area (Å²) in [7, 11) is 1.66. The number of amides is 1. The van der Waals surface area contributed by atoms with Gasteiger partial charge in [0.2, 0.25) is 0 Å². The van der Waals surface area contributed by atoms with Crippen molar-refractivity contribution in [2.45, 2.75) is 6.54 Å². The molecule has 2 aromatic rings. The topological polar surface area (TPSA) is 54.9 Å². The summed E-state index contributed by atoms with van der Waals surface area (Å²) in [6, 6.07) is 11.7. The third-order valence-electron chi connectivity index (χ3n) is 2.92. The molecule has 0 atom stereocenters. The second kappa shape index (κ2) is 7.67. The van der Waals surface area contributed by atoms with Gasteiger partial charge in [-0.15, -0.1) is 11.3 Å². The molecule has 0 aliphatic carbocycles. The average Bonchev–Trinajstić information content (AvgIpc) is 3.01. The first kappa shape index (κ1) is 14.6. The quantitative estimate of drug-likeness (QED) is 0.754. The lowest BCUT2D eigenvalue weighted by Crippen LogP contribution is -2.84. The first-order chi connectivity index (χ1) is 9.79. The Morgan fingerprint density at radius 2 is 2.10 bits per heavy atom. The zero-order valence-corrected chi connectivity index (χ0v) is 12.3. The first-order valence-electron chi connectivity index (χ1n) is 6.56. The predicted molar refractivity (Wildman–Crippen MR) is 80.1 cm³/mol. The fourth-order valence-electron chi connectivity index (χ4n) is 1.81. The zero-order chi connectivity index (χ0) is 14.2. The van der Waals surface area contributed by atoms with Crippen LogP contribution in [0.2, 0.25) is 0 Å². The van der Waals surface area contributed by atoms with E-state index in [9.17, 15) is 4.79 Å². The van der Waals surface area contributed by atoms with Crippen LogP contribution < -0.4 is 15.4 Å². The van der Waals surface area contributed by atoms with Crippen molar-refractivity contribution in [2.24, 2.45) is 0 Å². The molecule has 5 heteroatoms. The highest BCUT2D eigenvalue weighted by Gasteiger charge is 2.05. The van der Waals surface area contributed by atoms with Gasteiger partial charge in [-0.3, -0.25) is 4.79 Å². The Labute approximate surface area is 122 Å². The molecule has 1 aromatic carbocycles. The third-order valence-corrected chi connectivity index (χ3v) is 3.79. The molecular formula is C15H19N2O2S+. The number of carbonyl (C=O) groups is 1. The molecular weight excluding hydrogens is 272 g/mol. The molecule has 0 saturated carbocycles. The molecule has 1 heterocycles. The van der Waals surface area contributed by atoms with Gasteiger partial charge >= 0.3 is 0 Å². The molecule has 0 saturated heterocycles. The normalized spacial score (nSPS) is 10.2. The van der Waals surface area contributed by atoms with Gasteiger partial charge in [0.05, 0.1) is 25.1 Å². The van der Waals surface area contributed by atoms with Crippen LogP contribution in [0.1, 0.15) is 15.2 Å². The number of hydrogen-bond acceptors (Lipinski definition) is 3. The number of nitrogens with two attached hydrogens (primary N) is 1. The molecule has 0 unspecified atom stereocenters. The molecule has 0 fully saturated rings. The number of carbonyl (C=O) groups excluding carboxylic acids is 1. The van der Waals surface area contributed by atoms with E-state index in [2.05, 4.69) is 22.8 Å². The summed E-state index contributed by atoms with van der Waals surface area (Å²) >= 11 is 1.46. The van der Waals surface area contributed by atoms with Crippen LogP contribution in [0, 0.1) is 0 Å². The largest absolute Gasteiger partial charge is 0.497 e. The minimum absolute atomic E-state index is 0.0119. The summed E-state index contributed by atoms with van der Waals surface area (Å²) in [4.78, 5) is 12.4. The molecule has 0 radical (unpaired) electrons. The maximum Gasteiger partial charge on any atom is 0.261 e. The van der Waals surface area contributed by atoms with Crippen LogP contribution in [0.4, 0.5) is 0 Å². The van der Waals surface area contributed by atoms with E-state index in [0.29, 0.717) is 6.54 Å². The second-order valence-electron chi connectivity index (χ2n) is 4.36. The molecule has 3 N–H and O–H groups in total. The van der Waals surface area contributed by atoms with Gasteiger partial charge in [-0.05, 0) is 35.7 Å². The second-order valence-corrected chi connectivity index (χ2v) is 5.31. The van der Waals surface area contributed by atoms with Gasteiger partial charge < -0.3 is 15.4 Å². The van der Waals surface area contributed by atoms with Gasteiger partial charge in [0.25, 0.3) is 5.91 Å². The van der Waals surface area contributed by atoms with Gasteiger partial charge in [0, 0.05) is 5.56 Å². The van der Waals surface area contributed by atoms with Crippen molar-refractivity contribution in [3.63, 3.8) is 0 Å². The fourth-order valence-corrected chi connectivity index (χ4v) is 2.45. The lowest BCUT2D eigenvalue weighted by molar-refractivity contribution is -0.668. The summed E-state index contributed by atoms with van der Waals surface area (Å²) in [5, 5.41) is 6.99. The molecule has 4 nitrogen and oxygen atoms in total. The summed E-state index contributed by atoms with van der Waals surface area (Å²) < 4.78 is 5.12. The van der Waals surface area contributed by atoms with E-state index in [0.717, 1.165) is 23.7 Å². The van der Waals surface area contributed by atoms with Gasteiger partial charge in [0.15, 0.2) is 0 Å². The highest BCUT2D eigenvalue weighted by atomic mass is 32.1. The highest BCUT2D eigenvalue weighted by molar-refractivity contribution is 7.12. The molecule has 20 heavy (non-hydrogen) atoms. The number of hydrogen-bond donors (Lipinski definition) is 2. The van der Waals surface area contributed by atoms with Crippen LogP contribution in [-0.4, -0.2) is 26.1 Å². The molecule has 1 aromatic heterocycles. The van der Waals surface area contributed by atoms with Gasteiger partial charge in [-0.25, -0.2) is 0 Å². The van der Waals surface area contributed by atoms with Gasteiger partial charge in [-0.2, -0.15) is 0 Å². The van der Waals surface area contributed by atoms with Gasteiger partial charge in [0.1, 0.15) is 12.3 Å². The number of nitrogens with one attached hydrogen (secondary N) is 1. The Morgan fingerprint density at radius 1 is 1.30 bits per heavy atom. The van der Waals surface area contributed by atoms with Crippen molar-refractivity contribution in [2.75, 3.05) is 20.2 Å². The van der Waals surface area contributed by atoms with E-state index in [1.165, 1.54) is 16.9 Å². The number of thiophene rings is 1. The number of rotatable bonds is 7. The van der Waals surface area contributed by atoms with E-state index in [1.54, 1.807) is 7.11 Å². The smallest absolute Gasteiger partial charge is 0.261 e. The minimum Gasteiger partial charge on any atom is -0.497 e. The Hall–Kier alpha value is -1.85. The molecule has 2 rings (SSSR count). The van der Waals surface area contributed by atoms with Crippen LogP contribution in [0.25, 0.3) is 0 Å². The Balaban J connectivity index is 1.62. The van der Waals surface area contributed by atoms with Gasteiger partial charge in [-0.1, -0.05) is 6.07 Å². The Kier molecular flexibility index (Phi) is 5.58. The van der Waals surface area contributed by atoms with Crippen molar-refractivity contribution in [3.8, 4) is 5.75 Å². The molecule has 0 aliphatic rings. The summed E-state index contributed by atoms with van der Waals surface area (Å²) in [5.74, 6) is 0.884. The minimum atomic E-state index is 0.0119. The third kappa shape index (κ3) is 4.36. The van der Waals surface area contributed by atoms with Crippen molar-refractivity contribution in [3.05, 3.63) is 52.2 Å². The fraction of sp³-hybridized carbons (Fsp3) is 0.267. The standard InChI is InChI=1S/C15H18N2O2S/c1-19-13-6-4-12(5-7-13)11-16-8-9-17-15(18)14-3-2-10-20-14/h2-7,10,16H,8-9,11H2,1H3,(H,17,18)/p+1. The number of quaternary nitrogens is 1. The molecule has 0 spiro atoms. The summed E-state index contributed by atoms with van der Waals surface area (Å²) in [6.45, 7) is 2.44. The monoisotopic (exact) mass is 291 g/mol. The number of ether oxygens (including phenoxy) is 1. The number of benzene rings is 1. The average molecular weight is 291 g/mol. The van der Waals surface area contributed by atoms with Crippen LogP contribution in [0.15, 0.2) is 41.8 Å². The van der Waals surface area contributed by atoms with Crippen LogP contribution in [0.3, 0.4) is 0 Å². The maximum absolute atomic E-state index is 11.7. The van der Waals surface area contributed by atoms with E-state index < -0.39 is 0 Å². The molecule has 106 valence electrons. The van der Waals surface area contributed by atoms with E-state index in [1.807, 2.05) is 29.6 Å².